The number of thioether (sulfide) groups is 1. The molecule has 1 aromatic rings. The molecule has 0 aliphatic heterocycles. The maximum atomic E-state index is 14.0. The van der Waals surface area contributed by atoms with Crippen LogP contribution >= 0.6 is 11.8 Å². The van der Waals surface area contributed by atoms with Crippen LogP contribution in [0.5, 0.6) is 0 Å². The van der Waals surface area contributed by atoms with Gasteiger partial charge in [-0.15, -0.1) is 11.8 Å². The largest absolute Gasteiger partial charge is 0.468 e. The number of rotatable bonds is 7. The number of benzene rings is 1. The van der Waals surface area contributed by atoms with Gasteiger partial charge in [0, 0.05) is 16.9 Å². The van der Waals surface area contributed by atoms with Gasteiger partial charge in [0.15, 0.2) is 0 Å². The van der Waals surface area contributed by atoms with Crippen LogP contribution in [0.1, 0.15) is 33.6 Å². The number of carbonyl (C=O) groups is 2. The summed E-state index contributed by atoms with van der Waals surface area (Å²) >= 11 is 0.963. The highest BCUT2D eigenvalue weighted by atomic mass is 32.2. The lowest BCUT2D eigenvalue weighted by atomic mass is 10.2. The number of hydrogen-bond acceptors (Lipinski definition) is 4. The van der Waals surface area contributed by atoms with Crippen LogP contribution < -0.4 is 5.32 Å². The molecule has 0 radical (unpaired) electrons. The second-order valence-electron chi connectivity index (χ2n) is 5.32. The number of hydrogen-bond donors (Lipinski definition) is 1. The van der Waals surface area contributed by atoms with E-state index < -0.39 is 22.9 Å². The summed E-state index contributed by atoms with van der Waals surface area (Å²) in [7, 11) is 1.26. The first-order chi connectivity index (χ1) is 10.8. The number of esters is 1. The molecule has 0 bridgehead atoms. The van der Waals surface area contributed by atoms with Crippen molar-refractivity contribution >= 4 is 29.3 Å². The van der Waals surface area contributed by atoms with E-state index in [9.17, 15) is 18.4 Å². The zero-order chi connectivity index (χ0) is 17.6. The van der Waals surface area contributed by atoms with E-state index in [0.29, 0.717) is 18.9 Å². The predicted octanol–water partition coefficient (Wildman–Crippen LogP) is 3.99. The van der Waals surface area contributed by atoms with E-state index in [-0.39, 0.29) is 22.4 Å². The molecule has 0 saturated heterocycles. The summed E-state index contributed by atoms with van der Waals surface area (Å²) in [5, 5.41) is 1.83. The zero-order valence-corrected chi connectivity index (χ0v) is 14.4. The van der Waals surface area contributed by atoms with E-state index >= 15 is 0 Å². The highest BCUT2D eigenvalue weighted by Crippen LogP contribution is 2.33. The molecule has 1 aromatic carbocycles. The van der Waals surface area contributed by atoms with E-state index in [4.69, 9.17) is 4.74 Å². The van der Waals surface area contributed by atoms with Crippen molar-refractivity contribution in [2.24, 2.45) is 5.92 Å². The fourth-order valence-corrected chi connectivity index (χ4v) is 2.97. The van der Waals surface area contributed by atoms with Crippen LogP contribution in [0.4, 0.5) is 14.5 Å². The van der Waals surface area contributed by atoms with Crippen molar-refractivity contribution in [3.05, 3.63) is 23.8 Å². The van der Waals surface area contributed by atoms with Crippen molar-refractivity contribution in [3.8, 4) is 0 Å². The van der Waals surface area contributed by atoms with Gasteiger partial charge in [-0.25, -0.2) is 8.78 Å². The Balaban J connectivity index is 3.06. The lowest BCUT2D eigenvalue weighted by molar-refractivity contribution is -0.140. The Labute approximate surface area is 139 Å². The fraction of sp³-hybridized carbons (Fsp3) is 0.500. The first kappa shape index (κ1) is 19.4. The van der Waals surface area contributed by atoms with Crippen LogP contribution in [-0.2, 0) is 14.3 Å². The monoisotopic (exact) mass is 345 g/mol. The third-order valence-electron chi connectivity index (χ3n) is 3.09. The second-order valence-corrected chi connectivity index (χ2v) is 6.57. The first-order valence-corrected chi connectivity index (χ1v) is 8.22. The summed E-state index contributed by atoms with van der Waals surface area (Å²) in [6.45, 7) is 5.23. The lowest BCUT2D eigenvalue weighted by Crippen LogP contribution is -2.20. The number of halogens is 2. The molecule has 0 saturated carbocycles. The summed E-state index contributed by atoms with van der Waals surface area (Å²) in [5.41, 5.74) is -0.104. The topological polar surface area (TPSA) is 55.4 Å². The van der Waals surface area contributed by atoms with E-state index in [0.717, 1.165) is 11.8 Å². The summed E-state index contributed by atoms with van der Waals surface area (Å²) < 4.78 is 32.5. The van der Waals surface area contributed by atoms with Gasteiger partial charge in [-0.2, -0.15) is 0 Å². The standard InChI is InChI=1S/C16H21F2NO3S/c1-5-6-13(16(21)22-4)23-14-8-12(10(17)7-11(14)18)19-15(20)9(2)3/h7-9,13H,5-6H2,1-4H3,(H,19,20). The Hall–Kier alpha value is -1.63. The third kappa shape index (κ3) is 5.49. The van der Waals surface area contributed by atoms with E-state index in [1.54, 1.807) is 13.8 Å². The molecular weight excluding hydrogens is 324 g/mol. The van der Waals surface area contributed by atoms with Crippen molar-refractivity contribution in [1.29, 1.82) is 0 Å². The van der Waals surface area contributed by atoms with Gasteiger partial charge < -0.3 is 10.1 Å². The minimum absolute atomic E-state index is 0.0920. The molecule has 0 heterocycles. The Kier molecular flexibility index (Phi) is 7.48. The molecule has 4 nitrogen and oxygen atoms in total. The highest BCUT2D eigenvalue weighted by molar-refractivity contribution is 8.00. The molecule has 1 atom stereocenters. The maximum Gasteiger partial charge on any atom is 0.319 e. The Morgan fingerprint density at radius 3 is 2.43 bits per heavy atom. The van der Waals surface area contributed by atoms with Crippen molar-refractivity contribution < 1.29 is 23.1 Å². The van der Waals surface area contributed by atoms with Gasteiger partial charge in [0.25, 0.3) is 0 Å². The van der Waals surface area contributed by atoms with Gasteiger partial charge in [-0.05, 0) is 12.5 Å². The van der Waals surface area contributed by atoms with E-state index in [2.05, 4.69) is 5.32 Å². The number of nitrogens with one attached hydrogen (secondary N) is 1. The summed E-state index contributed by atoms with van der Waals surface area (Å²) in [6, 6.07) is 1.92. The fourth-order valence-electron chi connectivity index (χ4n) is 1.76. The normalized spacial score (nSPS) is 12.1. The van der Waals surface area contributed by atoms with E-state index in [1.807, 2.05) is 6.92 Å². The molecule has 0 aromatic heterocycles. The average Bonchev–Trinajstić information content (AvgIpc) is 2.50. The van der Waals surface area contributed by atoms with Crippen molar-refractivity contribution in [3.63, 3.8) is 0 Å². The Morgan fingerprint density at radius 1 is 1.26 bits per heavy atom. The first-order valence-electron chi connectivity index (χ1n) is 7.34. The van der Waals surface area contributed by atoms with Gasteiger partial charge >= 0.3 is 5.97 Å². The van der Waals surface area contributed by atoms with Crippen LogP contribution in [0.15, 0.2) is 17.0 Å². The number of methoxy groups -OCH3 is 1. The molecular formula is C16H21F2NO3S. The van der Waals surface area contributed by atoms with Crippen molar-refractivity contribution in [1.82, 2.24) is 0 Å². The summed E-state index contributed by atoms with van der Waals surface area (Å²) in [4.78, 5) is 23.5. The van der Waals surface area contributed by atoms with Crippen molar-refractivity contribution in [2.75, 3.05) is 12.4 Å². The van der Waals surface area contributed by atoms with Crippen molar-refractivity contribution in [2.45, 2.75) is 43.8 Å². The van der Waals surface area contributed by atoms with Gasteiger partial charge in [0.1, 0.15) is 16.9 Å². The molecule has 1 unspecified atom stereocenters. The van der Waals surface area contributed by atoms with Gasteiger partial charge in [-0.1, -0.05) is 27.2 Å². The minimum Gasteiger partial charge on any atom is -0.468 e. The molecule has 1 N–H and O–H groups in total. The Morgan fingerprint density at radius 2 is 1.91 bits per heavy atom. The molecule has 0 fully saturated rings. The molecule has 1 rings (SSSR count). The zero-order valence-electron chi connectivity index (χ0n) is 13.6. The summed E-state index contributed by atoms with van der Waals surface area (Å²) in [5.74, 6) is -2.80. The molecule has 0 aliphatic rings. The Bertz CT molecular complexity index is 579. The van der Waals surface area contributed by atoms with Crippen LogP contribution in [0.25, 0.3) is 0 Å². The van der Waals surface area contributed by atoms with Gasteiger partial charge in [0.05, 0.1) is 12.8 Å². The van der Waals surface area contributed by atoms with Gasteiger partial charge in [-0.3, -0.25) is 9.59 Å². The lowest BCUT2D eigenvalue weighted by Gasteiger charge is -2.15. The number of amides is 1. The van der Waals surface area contributed by atoms with Crippen LogP contribution in [-0.4, -0.2) is 24.2 Å². The maximum absolute atomic E-state index is 14.0. The van der Waals surface area contributed by atoms with Crippen LogP contribution in [0, 0.1) is 17.6 Å². The molecule has 128 valence electrons. The average molecular weight is 345 g/mol. The molecule has 0 aliphatic carbocycles. The van der Waals surface area contributed by atoms with Gasteiger partial charge in [0.2, 0.25) is 5.91 Å². The second kappa shape index (κ2) is 8.86. The predicted molar refractivity (Wildman–Crippen MR) is 86.4 cm³/mol. The smallest absolute Gasteiger partial charge is 0.319 e. The minimum atomic E-state index is -0.856. The molecule has 23 heavy (non-hydrogen) atoms. The van der Waals surface area contributed by atoms with E-state index in [1.165, 1.54) is 13.2 Å². The number of anilines is 1. The number of ether oxygens (including phenoxy) is 1. The quantitative estimate of drug-likeness (QED) is 0.600. The number of carbonyl (C=O) groups excluding carboxylic acids is 2. The summed E-state index contributed by atoms with van der Waals surface area (Å²) in [6.07, 6.45) is 1.22. The third-order valence-corrected chi connectivity index (χ3v) is 4.37. The van der Waals surface area contributed by atoms with Crippen LogP contribution in [0.2, 0.25) is 0 Å². The molecule has 7 heteroatoms. The molecule has 1 amide bonds. The SMILES string of the molecule is CCCC(Sc1cc(NC(=O)C(C)C)c(F)cc1F)C(=O)OC. The van der Waals surface area contributed by atoms with Crippen LogP contribution in [0.3, 0.4) is 0 Å². The highest BCUT2D eigenvalue weighted by Gasteiger charge is 2.23. The molecule has 0 spiro atoms.